The Morgan fingerprint density at radius 3 is 3.25 bits per heavy atom. The largest absolute Gasteiger partial charge is 0.489 e. The van der Waals surface area contributed by atoms with Crippen molar-refractivity contribution in [2.24, 2.45) is 5.92 Å². The Hall–Kier alpha value is -1.75. The second kappa shape index (κ2) is 5.71. The fourth-order valence-corrected chi connectivity index (χ4v) is 2.94. The van der Waals surface area contributed by atoms with Crippen LogP contribution in [0.1, 0.15) is 23.2 Å². The van der Waals surface area contributed by atoms with E-state index < -0.39 is 0 Å². The van der Waals surface area contributed by atoms with E-state index in [0.29, 0.717) is 23.8 Å². The van der Waals surface area contributed by atoms with Gasteiger partial charge in [0.1, 0.15) is 6.61 Å². The Bertz CT molecular complexity index is 504. The van der Waals surface area contributed by atoms with Crippen molar-refractivity contribution in [3.8, 4) is 5.75 Å². The maximum atomic E-state index is 12.6. The highest BCUT2D eigenvalue weighted by molar-refractivity contribution is 5.99. The van der Waals surface area contributed by atoms with Crippen molar-refractivity contribution >= 4 is 11.6 Å². The molecule has 2 heterocycles. The molecule has 1 unspecified atom stereocenters. The number of benzene rings is 1. The summed E-state index contributed by atoms with van der Waals surface area (Å²) in [7, 11) is 0. The van der Waals surface area contributed by atoms with Crippen molar-refractivity contribution in [2.45, 2.75) is 12.8 Å². The summed E-state index contributed by atoms with van der Waals surface area (Å²) in [6, 6.07) is 5.65. The van der Waals surface area contributed by atoms with Gasteiger partial charge >= 0.3 is 0 Å². The van der Waals surface area contributed by atoms with Gasteiger partial charge in [0.25, 0.3) is 5.91 Å². The Morgan fingerprint density at radius 1 is 1.50 bits per heavy atom. The zero-order chi connectivity index (χ0) is 13.9. The van der Waals surface area contributed by atoms with E-state index in [2.05, 4.69) is 5.32 Å². The highest BCUT2D eigenvalue weighted by Gasteiger charge is 2.29. The minimum Gasteiger partial charge on any atom is -0.489 e. The summed E-state index contributed by atoms with van der Waals surface area (Å²) in [5.41, 5.74) is 1.53. The molecule has 1 fully saturated rings. The number of rotatable bonds is 3. The van der Waals surface area contributed by atoms with E-state index in [4.69, 9.17) is 9.84 Å². The number of aliphatic hydroxyl groups excluding tert-OH is 1. The van der Waals surface area contributed by atoms with Crippen LogP contribution in [0.15, 0.2) is 18.2 Å². The summed E-state index contributed by atoms with van der Waals surface area (Å²) in [6.07, 6.45) is 1.75. The van der Waals surface area contributed by atoms with Gasteiger partial charge in [-0.1, -0.05) is 6.07 Å². The number of nitrogens with one attached hydrogen (secondary N) is 1. The molecule has 0 spiro atoms. The number of anilines is 1. The number of carbonyl (C=O) groups is 1. The van der Waals surface area contributed by atoms with E-state index in [0.717, 1.165) is 38.2 Å². The number of hydrogen-bond acceptors (Lipinski definition) is 4. The zero-order valence-corrected chi connectivity index (χ0v) is 11.5. The van der Waals surface area contributed by atoms with E-state index >= 15 is 0 Å². The number of aliphatic hydroxyl groups is 1. The molecule has 0 saturated carbocycles. The Labute approximate surface area is 118 Å². The molecular weight excluding hydrogens is 256 g/mol. The smallest absolute Gasteiger partial charge is 0.257 e. The minimum absolute atomic E-state index is 0.0333. The van der Waals surface area contributed by atoms with Crippen LogP contribution in [0.3, 0.4) is 0 Å². The molecule has 1 amide bonds. The van der Waals surface area contributed by atoms with Crippen LogP contribution in [0, 0.1) is 5.92 Å². The van der Waals surface area contributed by atoms with Crippen molar-refractivity contribution in [1.82, 2.24) is 4.90 Å². The molecule has 1 aromatic carbocycles. The van der Waals surface area contributed by atoms with Crippen molar-refractivity contribution < 1.29 is 14.6 Å². The number of hydrogen-bond donors (Lipinski definition) is 2. The molecule has 1 saturated heterocycles. The van der Waals surface area contributed by atoms with Gasteiger partial charge in [-0.15, -0.1) is 0 Å². The average Bonchev–Trinajstić information content (AvgIpc) is 2.95. The maximum Gasteiger partial charge on any atom is 0.257 e. The molecule has 0 bridgehead atoms. The van der Waals surface area contributed by atoms with E-state index in [1.807, 2.05) is 23.1 Å². The van der Waals surface area contributed by atoms with Gasteiger partial charge in [-0.05, 0) is 30.9 Å². The third-order valence-electron chi connectivity index (χ3n) is 4.02. The molecule has 0 radical (unpaired) electrons. The molecule has 108 valence electrons. The number of amides is 1. The fourth-order valence-electron chi connectivity index (χ4n) is 2.94. The first-order chi connectivity index (χ1) is 9.79. The van der Waals surface area contributed by atoms with Crippen LogP contribution >= 0.6 is 0 Å². The molecule has 3 rings (SSSR count). The normalized spacial score (nSPS) is 21.1. The number of nitrogens with zero attached hydrogens (tertiary/aromatic N) is 1. The lowest BCUT2D eigenvalue weighted by Crippen LogP contribution is -2.30. The molecule has 1 atom stereocenters. The second-order valence-corrected chi connectivity index (χ2v) is 5.38. The Balaban J connectivity index is 1.78. The van der Waals surface area contributed by atoms with E-state index in [1.54, 1.807) is 0 Å². The lowest BCUT2D eigenvalue weighted by molar-refractivity contribution is 0.0780. The first kappa shape index (κ1) is 13.2. The predicted molar refractivity (Wildman–Crippen MR) is 76.1 cm³/mol. The van der Waals surface area contributed by atoms with E-state index in [-0.39, 0.29) is 12.5 Å². The van der Waals surface area contributed by atoms with Crippen molar-refractivity contribution in [1.29, 1.82) is 0 Å². The highest BCUT2D eigenvalue weighted by Crippen LogP contribution is 2.33. The zero-order valence-electron chi connectivity index (χ0n) is 11.5. The predicted octanol–water partition coefficient (Wildman–Crippen LogP) is 1.34. The fraction of sp³-hybridized carbons (Fsp3) is 0.533. The van der Waals surface area contributed by atoms with E-state index in [9.17, 15) is 4.79 Å². The third kappa shape index (κ3) is 2.45. The Morgan fingerprint density at radius 2 is 2.40 bits per heavy atom. The average molecular weight is 276 g/mol. The van der Waals surface area contributed by atoms with Gasteiger partial charge in [-0.25, -0.2) is 0 Å². The number of para-hydroxylation sites is 1. The van der Waals surface area contributed by atoms with Crippen LogP contribution in [0.4, 0.5) is 5.69 Å². The van der Waals surface area contributed by atoms with Gasteiger partial charge in [0.2, 0.25) is 0 Å². The SMILES string of the molecule is O=C(c1cccc2c1OCCN2)N1CCC(CCO)C1. The molecule has 1 aromatic rings. The molecular formula is C15H20N2O3. The van der Waals surface area contributed by atoms with Gasteiger partial charge in [-0.2, -0.15) is 0 Å². The molecule has 20 heavy (non-hydrogen) atoms. The van der Waals surface area contributed by atoms with Crippen molar-refractivity contribution in [3.05, 3.63) is 23.8 Å². The molecule has 2 N–H and O–H groups in total. The minimum atomic E-state index is 0.0333. The molecule has 0 aromatic heterocycles. The summed E-state index contributed by atoms with van der Waals surface area (Å²) in [4.78, 5) is 14.5. The van der Waals surface area contributed by atoms with Crippen LogP contribution in [-0.2, 0) is 0 Å². The van der Waals surface area contributed by atoms with Crippen LogP contribution in [-0.4, -0.2) is 48.8 Å². The van der Waals surface area contributed by atoms with Crippen LogP contribution in [0.5, 0.6) is 5.75 Å². The molecule has 5 heteroatoms. The molecule has 0 aliphatic carbocycles. The molecule has 5 nitrogen and oxygen atoms in total. The van der Waals surface area contributed by atoms with Crippen LogP contribution < -0.4 is 10.1 Å². The number of fused-ring (bicyclic) bond motifs is 1. The lowest BCUT2D eigenvalue weighted by atomic mass is 10.1. The Kier molecular flexibility index (Phi) is 3.78. The lowest BCUT2D eigenvalue weighted by Gasteiger charge is -2.23. The van der Waals surface area contributed by atoms with Gasteiger partial charge in [0.15, 0.2) is 5.75 Å². The summed E-state index contributed by atoms with van der Waals surface area (Å²) in [5, 5.41) is 12.2. The van der Waals surface area contributed by atoms with Gasteiger partial charge in [0.05, 0.1) is 11.3 Å². The maximum absolute atomic E-state index is 12.6. The topological polar surface area (TPSA) is 61.8 Å². The number of carbonyl (C=O) groups excluding carboxylic acids is 1. The summed E-state index contributed by atoms with van der Waals surface area (Å²) in [6.45, 7) is 3.05. The summed E-state index contributed by atoms with van der Waals surface area (Å²) in [5.74, 6) is 1.13. The van der Waals surface area contributed by atoms with Crippen molar-refractivity contribution in [3.63, 3.8) is 0 Å². The highest BCUT2D eigenvalue weighted by atomic mass is 16.5. The van der Waals surface area contributed by atoms with Crippen molar-refractivity contribution in [2.75, 3.05) is 38.2 Å². The van der Waals surface area contributed by atoms with Gasteiger partial charge < -0.3 is 20.1 Å². The standard InChI is InChI=1S/C15H20N2O3/c18-8-5-11-4-7-17(10-11)15(19)12-2-1-3-13-14(12)20-9-6-16-13/h1-3,11,16,18H,4-10H2. The number of ether oxygens (including phenoxy) is 1. The quantitative estimate of drug-likeness (QED) is 0.874. The molecule has 2 aliphatic rings. The van der Waals surface area contributed by atoms with Crippen LogP contribution in [0.2, 0.25) is 0 Å². The third-order valence-corrected chi connectivity index (χ3v) is 4.02. The first-order valence-corrected chi connectivity index (χ1v) is 7.19. The van der Waals surface area contributed by atoms with E-state index in [1.165, 1.54) is 0 Å². The second-order valence-electron chi connectivity index (χ2n) is 5.38. The summed E-state index contributed by atoms with van der Waals surface area (Å²) >= 11 is 0. The van der Waals surface area contributed by atoms with Crippen LogP contribution in [0.25, 0.3) is 0 Å². The summed E-state index contributed by atoms with van der Waals surface area (Å²) < 4.78 is 5.66. The monoisotopic (exact) mass is 276 g/mol. The first-order valence-electron chi connectivity index (χ1n) is 7.19. The number of likely N-dealkylation sites (tertiary alicyclic amines) is 1. The van der Waals surface area contributed by atoms with Gasteiger partial charge in [0, 0.05) is 26.2 Å². The van der Waals surface area contributed by atoms with Gasteiger partial charge in [-0.3, -0.25) is 4.79 Å². The molecule has 2 aliphatic heterocycles.